The topological polar surface area (TPSA) is 131 Å². The van der Waals surface area contributed by atoms with Gasteiger partial charge in [0.1, 0.15) is 12.6 Å². The number of rotatable bonds is 9. The molecule has 3 atom stereocenters. The number of nitrogens with two attached hydrogens (primary N) is 1. The van der Waals surface area contributed by atoms with E-state index in [1.807, 2.05) is 6.07 Å². The summed E-state index contributed by atoms with van der Waals surface area (Å²) in [6.45, 7) is 1.53. The van der Waals surface area contributed by atoms with Gasteiger partial charge in [0.2, 0.25) is 5.91 Å². The van der Waals surface area contributed by atoms with Gasteiger partial charge in [-0.1, -0.05) is 60.7 Å². The number of hydrogen-bond acceptors (Lipinski definition) is 5. The van der Waals surface area contributed by atoms with Crippen LogP contribution in [0.15, 0.2) is 60.7 Å². The highest BCUT2D eigenvalue weighted by Gasteiger charge is 2.36. The summed E-state index contributed by atoms with van der Waals surface area (Å²) in [5, 5.41) is 14.5. The van der Waals surface area contributed by atoms with Crippen LogP contribution in [0.3, 0.4) is 0 Å². The maximum Gasteiger partial charge on any atom is 0.408 e. The lowest BCUT2D eigenvalue weighted by atomic mass is 9.91. The van der Waals surface area contributed by atoms with E-state index in [9.17, 15) is 19.5 Å². The third kappa shape index (κ3) is 7.27. The number of benzene rings is 2. The molecular formula is C21H25N3O5. The first-order valence-electron chi connectivity index (χ1n) is 9.16. The average molecular weight is 399 g/mol. The minimum atomic E-state index is -1.36. The van der Waals surface area contributed by atoms with Crippen LogP contribution in [-0.4, -0.2) is 35.3 Å². The number of ether oxygens (including phenoxy) is 1. The molecule has 0 aliphatic rings. The average Bonchev–Trinajstić information content (AvgIpc) is 2.70. The molecule has 5 N–H and O–H groups in total. The van der Waals surface area contributed by atoms with Crippen molar-refractivity contribution < 1.29 is 24.2 Å². The largest absolute Gasteiger partial charge is 0.481 e. The first kappa shape index (κ1) is 21.9. The van der Waals surface area contributed by atoms with E-state index in [0.29, 0.717) is 0 Å². The van der Waals surface area contributed by atoms with E-state index in [-0.39, 0.29) is 13.0 Å². The zero-order valence-corrected chi connectivity index (χ0v) is 16.1. The Balaban J connectivity index is 2.14. The van der Waals surface area contributed by atoms with Crippen molar-refractivity contribution >= 4 is 18.0 Å². The number of alkyl carbamates (subject to hydrolysis) is 1. The molecule has 0 aromatic heterocycles. The van der Waals surface area contributed by atoms with Crippen molar-refractivity contribution in [1.29, 1.82) is 0 Å². The van der Waals surface area contributed by atoms with Crippen molar-refractivity contribution in [3.05, 3.63) is 71.8 Å². The van der Waals surface area contributed by atoms with Crippen molar-refractivity contribution in [2.24, 2.45) is 11.7 Å². The van der Waals surface area contributed by atoms with Crippen LogP contribution in [0, 0.1) is 5.92 Å². The van der Waals surface area contributed by atoms with Gasteiger partial charge in [-0.25, -0.2) is 4.79 Å². The van der Waals surface area contributed by atoms with Gasteiger partial charge >= 0.3 is 12.1 Å². The molecule has 0 aliphatic heterocycles. The van der Waals surface area contributed by atoms with Crippen molar-refractivity contribution in [1.82, 2.24) is 10.6 Å². The normalized spacial score (nSPS) is 13.6. The van der Waals surface area contributed by atoms with Crippen molar-refractivity contribution in [3.63, 3.8) is 0 Å². The number of carbonyl (C=O) groups excluding carboxylic acids is 2. The second kappa shape index (κ2) is 10.8. The molecule has 0 spiro atoms. The number of nitrogens with one attached hydrogen (secondary N) is 2. The third-order valence-corrected chi connectivity index (χ3v) is 4.16. The Morgan fingerprint density at radius 2 is 1.52 bits per heavy atom. The second-order valence-electron chi connectivity index (χ2n) is 6.62. The van der Waals surface area contributed by atoms with Crippen LogP contribution in [-0.2, 0) is 27.4 Å². The summed E-state index contributed by atoms with van der Waals surface area (Å²) >= 11 is 0. The summed E-state index contributed by atoms with van der Waals surface area (Å²) in [7, 11) is 0. The number of hydrogen-bond donors (Lipinski definition) is 4. The summed E-state index contributed by atoms with van der Waals surface area (Å²) in [4.78, 5) is 36.7. The van der Waals surface area contributed by atoms with Crippen LogP contribution >= 0.6 is 0 Å². The number of carboxylic acids is 1. The van der Waals surface area contributed by atoms with E-state index in [1.54, 1.807) is 54.6 Å². The SMILES string of the molecule is C[C@H](N)NC(=O)[C@@H](NC(=O)OCc1ccccc1)C(Cc1ccccc1)C(=O)O. The van der Waals surface area contributed by atoms with Gasteiger partial charge in [0.15, 0.2) is 0 Å². The van der Waals surface area contributed by atoms with Crippen molar-refractivity contribution in [2.45, 2.75) is 32.2 Å². The van der Waals surface area contributed by atoms with E-state index < -0.39 is 36.1 Å². The number of carbonyl (C=O) groups is 3. The lowest BCUT2D eigenvalue weighted by Gasteiger charge is -2.25. The predicted molar refractivity (Wildman–Crippen MR) is 107 cm³/mol. The molecule has 1 unspecified atom stereocenters. The molecule has 0 bridgehead atoms. The Hall–Kier alpha value is -3.39. The fraction of sp³-hybridized carbons (Fsp3) is 0.286. The zero-order chi connectivity index (χ0) is 21.2. The van der Waals surface area contributed by atoms with Gasteiger partial charge in [0.05, 0.1) is 12.1 Å². The Morgan fingerprint density at radius 1 is 0.966 bits per heavy atom. The first-order valence-corrected chi connectivity index (χ1v) is 9.16. The van der Waals surface area contributed by atoms with Crippen LogP contribution < -0.4 is 16.4 Å². The summed E-state index contributed by atoms with van der Waals surface area (Å²) in [6, 6.07) is 16.5. The van der Waals surface area contributed by atoms with E-state index >= 15 is 0 Å². The van der Waals surface area contributed by atoms with Gasteiger partial charge in [-0.2, -0.15) is 0 Å². The van der Waals surface area contributed by atoms with Crippen LogP contribution in [0.2, 0.25) is 0 Å². The third-order valence-electron chi connectivity index (χ3n) is 4.16. The molecule has 2 aromatic rings. The van der Waals surface area contributed by atoms with E-state index in [2.05, 4.69) is 10.6 Å². The summed E-state index contributed by atoms with van der Waals surface area (Å²) in [5.74, 6) is -3.12. The molecule has 0 saturated heterocycles. The maximum absolute atomic E-state index is 12.6. The number of carboxylic acid groups (broad SMARTS) is 1. The van der Waals surface area contributed by atoms with Crippen LogP contribution in [0.25, 0.3) is 0 Å². The molecule has 2 amide bonds. The van der Waals surface area contributed by atoms with Gasteiger partial charge in [0.25, 0.3) is 0 Å². The van der Waals surface area contributed by atoms with E-state index in [4.69, 9.17) is 10.5 Å². The Morgan fingerprint density at radius 3 is 2.03 bits per heavy atom. The van der Waals surface area contributed by atoms with Gasteiger partial charge in [-0.3, -0.25) is 9.59 Å². The van der Waals surface area contributed by atoms with Crippen molar-refractivity contribution in [3.8, 4) is 0 Å². The summed E-state index contributed by atoms with van der Waals surface area (Å²) in [6.07, 6.45) is -1.55. The first-order chi connectivity index (χ1) is 13.9. The molecule has 0 fully saturated rings. The molecule has 154 valence electrons. The van der Waals surface area contributed by atoms with Gasteiger partial charge in [-0.05, 0) is 24.5 Å². The molecular weight excluding hydrogens is 374 g/mol. The highest BCUT2D eigenvalue weighted by molar-refractivity contribution is 5.90. The molecule has 0 aliphatic carbocycles. The second-order valence-corrected chi connectivity index (χ2v) is 6.62. The smallest absolute Gasteiger partial charge is 0.408 e. The van der Waals surface area contributed by atoms with Crippen LogP contribution in [0.5, 0.6) is 0 Å². The molecule has 8 heteroatoms. The van der Waals surface area contributed by atoms with Crippen LogP contribution in [0.4, 0.5) is 4.79 Å². The fourth-order valence-corrected chi connectivity index (χ4v) is 2.77. The minimum absolute atomic E-state index is 0.00920. The Labute approximate surface area is 169 Å². The Kier molecular flexibility index (Phi) is 8.17. The molecule has 29 heavy (non-hydrogen) atoms. The highest BCUT2D eigenvalue weighted by atomic mass is 16.5. The lowest BCUT2D eigenvalue weighted by Crippen LogP contribution is -2.56. The minimum Gasteiger partial charge on any atom is -0.481 e. The zero-order valence-electron chi connectivity index (χ0n) is 16.1. The van der Waals surface area contributed by atoms with Crippen LogP contribution in [0.1, 0.15) is 18.1 Å². The molecule has 0 saturated carbocycles. The molecule has 8 nitrogen and oxygen atoms in total. The molecule has 0 radical (unpaired) electrons. The lowest BCUT2D eigenvalue weighted by molar-refractivity contribution is -0.145. The monoisotopic (exact) mass is 399 g/mol. The number of amides is 2. The van der Waals surface area contributed by atoms with Gasteiger partial charge in [-0.15, -0.1) is 0 Å². The van der Waals surface area contributed by atoms with E-state index in [1.165, 1.54) is 6.92 Å². The van der Waals surface area contributed by atoms with E-state index in [0.717, 1.165) is 11.1 Å². The number of aliphatic carboxylic acids is 1. The fourth-order valence-electron chi connectivity index (χ4n) is 2.77. The summed E-state index contributed by atoms with van der Waals surface area (Å²) < 4.78 is 5.14. The molecule has 2 aromatic carbocycles. The predicted octanol–water partition coefficient (Wildman–Crippen LogP) is 1.65. The van der Waals surface area contributed by atoms with Gasteiger partial charge < -0.3 is 26.2 Å². The van der Waals surface area contributed by atoms with Gasteiger partial charge in [0, 0.05) is 0 Å². The highest BCUT2D eigenvalue weighted by Crippen LogP contribution is 2.15. The molecule has 0 heterocycles. The maximum atomic E-state index is 12.6. The molecule has 2 rings (SSSR count). The Bertz CT molecular complexity index is 812. The standard InChI is InChI=1S/C21H25N3O5/c1-14(22)23-19(25)18(17(20(26)27)12-15-8-4-2-5-9-15)24-21(28)29-13-16-10-6-3-7-11-16/h2-11,14,17-18H,12-13,22H2,1H3,(H,23,25)(H,24,28)(H,26,27)/t14-,17?,18+/m1/s1. The summed E-state index contributed by atoms with van der Waals surface area (Å²) in [5.41, 5.74) is 7.08. The van der Waals surface area contributed by atoms with Crippen molar-refractivity contribution in [2.75, 3.05) is 0 Å². The quantitative estimate of drug-likeness (QED) is 0.474.